The number of pyridine rings is 1. The van der Waals surface area contributed by atoms with Crippen molar-refractivity contribution >= 4 is 22.7 Å². The first kappa shape index (κ1) is 10.2. The van der Waals surface area contributed by atoms with Crippen LogP contribution >= 0.6 is 11.8 Å². The molecule has 0 spiro atoms. The number of nitrogens with zero attached hydrogens (tertiary/aromatic N) is 1. The number of hydrogen-bond donors (Lipinski definition) is 0. The first-order valence-electron chi connectivity index (χ1n) is 4.47. The van der Waals surface area contributed by atoms with Crippen molar-refractivity contribution in [3.05, 3.63) is 40.4 Å². The molecule has 0 amide bonds. The van der Waals surface area contributed by atoms with Crippen molar-refractivity contribution in [2.24, 2.45) is 7.05 Å². The highest BCUT2D eigenvalue weighted by Gasteiger charge is 2.09. The van der Waals surface area contributed by atoms with Crippen LogP contribution in [0.25, 0.3) is 10.9 Å². The smallest absolute Gasteiger partial charge is 0.203 e. The Bertz CT molecular complexity index is 577. The number of thioether (sulfide) groups is 1. The van der Waals surface area contributed by atoms with Gasteiger partial charge in [0.1, 0.15) is 5.82 Å². The molecule has 4 heteroatoms. The average molecular weight is 223 g/mol. The van der Waals surface area contributed by atoms with Crippen molar-refractivity contribution in [3.63, 3.8) is 0 Å². The molecule has 2 aromatic rings. The minimum atomic E-state index is -0.361. The summed E-state index contributed by atoms with van der Waals surface area (Å²) in [5.74, 6) is -0.361. The number of hydrogen-bond acceptors (Lipinski definition) is 2. The quantitative estimate of drug-likeness (QED) is 0.692. The molecule has 1 heterocycles. The van der Waals surface area contributed by atoms with Gasteiger partial charge in [-0.25, -0.2) is 4.39 Å². The van der Waals surface area contributed by atoms with E-state index in [9.17, 15) is 9.18 Å². The van der Waals surface area contributed by atoms with Gasteiger partial charge in [-0.05, 0) is 18.4 Å². The van der Waals surface area contributed by atoms with Crippen molar-refractivity contribution in [1.29, 1.82) is 0 Å². The van der Waals surface area contributed by atoms with Gasteiger partial charge in [0.15, 0.2) is 0 Å². The average Bonchev–Trinajstić information content (AvgIpc) is 2.23. The van der Waals surface area contributed by atoms with Crippen LogP contribution in [0, 0.1) is 5.82 Å². The second-order valence-corrected chi connectivity index (χ2v) is 4.12. The monoisotopic (exact) mass is 223 g/mol. The van der Waals surface area contributed by atoms with E-state index in [1.807, 2.05) is 6.26 Å². The lowest BCUT2D eigenvalue weighted by Crippen LogP contribution is -2.10. The third kappa shape index (κ3) is 1.55. The summed E-state index contributed by atoms with van der Waals surface area (Å²) in [5.41, 5.74) is 0.260. The van der Waals surface area contributed by atoms with E-state index in [0.29, 0.717) is 15.8 Å². The summed E-state index contributed by atoms with van der Waals surface area (Å²) in [7, 11) is 1.74. The molecule has 2 rings (SSSR count). The van der Waals surface area contributed by atoms with Crippen LogP contribution in [0.5, 0.6) is 0 Å². The SMILES string of the molecule is CSc1cn(C)c2c(F)cccc2c1=O. The van der Waals surface area contributed by atoms with E-state index in [4.69, 9.17) is 0 Å². The molecule has 0 unspecified atom stereocenters. The Morgan fingerprint density at radius 1 is 1.40 bits per heavy atom. The molecular weight excluding hydrogens is 213 g/mol. The molecule has 1 aromatic carbocycles. The van der Waals surface area contributed by atoms with E-state index >= 15 is 0 Å². The van der Waals surface area contributed by atoms with Gasteiger partial charge >= 0.3 is 0 Å². The van der Waals surface area contributed by atoms with Crippen LogP contribution < -0.4 is 5.43 Å². The lowest BCUT2D eigenvalue weighted by atomic mass is 10.2. The molecule has 0 bridgehead atoms. The van der Waals surface area contributed by atoms with E-state index in [1.165, 1.54) is 17.8 Å². The highest BCUT2D eigenvalue weighted by molar-refractivity contribution is 7.98. The topological polar surface area (TPSA) is 22.0 Å². The van der Waals surface area contributed by atoms with Crippen molar-refractivity contribution in [1.82, 2.24) is 4.57 Å². The third-order valence-corrected chi connectivity index (χ3v) is 3.07. The molecule has 0 aliphatic heterocycles. The largest absolute Gasteiger partial charge is 0.347 e. The molecular formula is C11H10FNOS. The Hall–Kier alpha value is -1.29. The van der Waals surface area contributed by atoms with Crippen LogP contribution in [0.15, 0.2) is 34.1 Å². The zero-order valence-electron chi connectivity index (χ0n) is 8.45. The minimum Gasteiger partial charge on any atom is -0.347 e. The Balaban J connectivity index is 3.00. The maximum absolute atomic E-state index is 13.5. The first-order chi connectivity index (χ1) is 7.15. The van der Waals surface area contributed by atoms with Gasteiger partial charge < -0.3 is 4.57 Å². The van der Waals surface area contributed by atoms with E-state index in [-0.39, 0.29) is 11.2 Å². The van der Waals surface area contributed by atoms with E-state index in [0.717, 1.165) is 0 Å². The lowest BCUT2D eigenvalue weighted by Gasteiger charge is -2.07. The Morgan fingerprint density at radius 2 is 2.13 bits per heavy atom. The molecule has 0 atom stereocenters. The van der Waals surface area contributed by atoms with Crippen LogP contribution in [-0.4, -0.2) is 10.8 Å². The number of halogens is 1. The summed E-state index contributed by atoms with van der Waals surface area (Å²) in [4.78, 5) is 12.5. The number of fused-ring (bicyclic) bond motifs is 1. The van der Waals surface area contributed by atoms with Crippen molar-refractivity contribution in [3.8, 4) is 0 Å². The van der Waals surface area contributed by atoms with E-state index in [2.05, 4.69) is 0 Å². The normalized spacial score (nSPS) is 10.9. The van der Waals surface area contributed by atoms with E-state index < -0.39 is 0 Å². The second kappa shape index (κ2) is 3.70. The number of aromatic nitrogens is 1. The molecule has 0 aliphatic carbocycles. The van der Waals surface area contributed by atoms with Gasteiger partial charge in [0.2, 0.25) is 5.43 Å². The van der Waals surface area contributed by atoms with Gasteiger partial charge in [-0.1, -0.05) is 6.07 Å². The summed E-state index contributed by atoms with van der Waals surface area (Å²) in [6.07, 6.45) is 3.50. The fraction of sp³-hybridized carbons (Fsp3) is 0.182. The maximum atomic E-state index is 13.5. The minimum absolute atomic E-state index is 0.102. The predicted octanol–water partition coefficient (Wildman–Crippen LogP) is 2.40. The molecule has 0 radical (unpaired) electrons. The van der Waals surface area contributed by atoms with Gasteiger partial charge in [0.25, 0.3) is 0 Å². The Labute approximate surface area is 90.7 Å². The number of para-hydroxylation sites is 1. The summed E-state index contributed by atoms with van der Waals surface area (Å²) in [5, 5.41) is 0.435. The summed E-state index contributed by atoms with van der Waals surface area (Å²) in [6, 6.07) is 4.57. The molecule has 0 saturated carbocycles. The van der Waals surface area contributed by atoms with Crippen LogP contribution in [-0.2, 0) is 7.05 Å². The lowest BCUT2D eigenvalue weighted by molar-refractivity contribution is 0.630. The summed E-state index contributed by atoms with van der Waals surface area (Å²) >= 11 is 1.37. The highest BCUT2D eigenvalue weighted by atomic mass is 32.2. The Kier molecular flexibility index (Phi) is 2.52. The van der Waals surface area contributed by atoms with Gasteiger partial charge in [0, 0.05) is 18.6 Å². The molecule has 2 nitrogen and oxygen atoms in total. The van der Waals surface area contributed by atoms with Crippen LogP contribution in [0.2, 0.25) is 0 Å². The fourth-order valence-corrected chi connectivity index (χ4v) is 2.19. The van der Waals surface area contributed by atoms with Gasteiger partial charge in [-0.2, -0.15) is 0 Å². The zero-order valence-corrected chi connectivity index (χ0v) is 9.27. The third-order valence-electron chi connectivity index (χ3n) is 2.34. The van der Waals surface area contributed by atoms with Crippen LogP contribution in [0.1, 0.15) is 0 Å². The molecule has 0 fully saturated rings. The molecule has 0 N–H and O–H groups in total. The standard InChI is InChI=1S/C11H10FNOS/c1-13-6-9(15-2)11(14)7-4-3-5-8(12)10(7)13/h3-6H,1-2H3. The highest BCUT2D eigenvalue weighted by Crippen LogP contribution is 2.18. The van der Waals surface area contributed by atoms with Crippen LogP contribution in [0.3, 0.4) is 0 Å². The second-order valence-electron chi connectivity index (χ2n) is 3.27. The molecule has 15 heavy (non-hydrogen) atoms. The molecule has 0 aliphatic rings. The first-order valence-corrected chi connectivity index (χ1v) is 5.69. The van der Waals surface area contributed by atoms with E-state index in [1.54, 1.807) is 29.9 Å². The van der Waals surface area contributed by atoms with Gasteiger partial charge in [0.05, 0.1) is 10.4 Å². The maximum Gasteiger partial charge on any atom is 0.203 e. The van der Waals surface area contributed by atoms with Crippen LogP contribution in [0.4, 0.5) is 4.39 Å². The zero-order chi connectivity index (χ0) is 11.0. The van der Waals surface area contributed by atoms with Crippen molar-refractivity contribution in [2.45, 2.75) is 4.90 Å². The fourth-order valence-electron chi connectivity index (χ4n) is 1.63. The van der Waals surface area contributed by atoms with Crippen molar-refractivity contribution < 1.29 is 4.39 Å². The number of rotatable bonds is 1. The van der Waals surface area contributed by atoms with Gasteiger partial charge in [-0.15, -0.1) is 11.8 Å². The van der Waals surface area contributed by atoms with Crippen molar-refractivity contribution in [2.75, 3.05) is 6.26 Å². The summed E-state index contributed by atoms with van der Waals surface area (Å²) < 4.78 is 15.1. The van der Waals surface area contributed by atoms with Gasteiger partial charge in [-0.3, -0.25) is 4.79 Å². The molecule has 1 aromatic heterocycles. The number of benzene rings is 1. The molecule has 78 valence electrons. The number of aryl methyl sites for hydroxylation is 1. The predicted molar refractivity (Wildman–Crippen MR) is 60.9 cm³/mol. The summed E-state index contributed by atoms with van der Waals surface area (Å²) in [6.45, 7) is 0. The molecule has 0 saturated heterocycles. The Morgan fingerprint density at radius 3 is 2.80 bits per heavy atom.